The number of piperazine rings is 1. The number of rotatable bonds is 8. The monoisotopic (exact) mass is 519 g/mol. The largest absolute Gasteiger partial charge is 0.334 e. The maximum Gasteiger partial charge on any atom is 0.334 e. The minimum Gasteiger partial charge on any atom is -0.333 e. The van der Waals surface area contributed by atoms with Gasteiger partial charge in [0, 0.05) is 13.1 Å². The van der Waals surface area contributed by atoms with E-state index >= 15 is 0 Å². The van der Waals surface area contributed by atoms with Crippen LogP contribution in [-0.4, -0.2) is 81.5 Å². The molecule has 2 aliphatic heterocycles. The summed E-state index contributed by atoms with van der Waals surface area (Å²) in [6.07, 6.45) is 7.45. The van der Waals surface area contributed by atoms with Gasteiger partial charge >= 0.3 is 6.03 Å². The molecule has 2 heterocycles. The van der Waals surface area contributed by atoms with E-state index in [9.17, 15) is 14.4 Å². The van der Waals surface area contributed by atoms with Gasteiger partial charge in [0.2, 0.25) is 11.8 Å². The molecular weight excluding hydrogens is 486 g/mol. The van der Waals surface area contributed by atoms with Crippen LogP contribution in [0, 0.1) is 19.3 Å². The number of carbonyl (C=O) groups excluding carboxylic acids is 3. The van der Waals surface area contributed by atoms with Crippen LogP contribution < -0.4 is 5.32 Å². The third-order valence-electron chi connectivity index (χ3n) is 6.69. The molecular formula is C28H33N5O3S. The Morgan fingerprint density at radius 2 is 1.84 bits per heavy atom. The molecule has 1 N–H and O–H groups in total. The number of urea groups is 1. The van der Waals surface area contributed by atoms with Gasteiger partial charge in [-0.25, -0.2) is 9.80 Å². The molecule has 4 rings (SSSR count). The van der Waals surface area contributed by atoms with E-state index in [2.05, 4.69) is 11.2 Å². The summed E-state index contributed by atoms with van der Waals surface area (Å²) in [7, 11) is 0. The molecule has 0 bridgehead atoms. The lowest BCUT2D eigenvalue weighted by atomic mass is 10.0. The van der Waals surface area contributed by atoms with Gasteiger partial charge in [-0.05, 0) is 36.5 Å². The molecule has 0 unspecified atom stereocenters. The second-order valence-electron chi connectivity index (χ2n) is 9.30. The van der Waals surface area contributed by atoms with Crippen molar-refractivity contribution in [3.63, 3.8) is 0 Å². The Kier molecular flexibility index (Phi) is 8.74. The topological polar surface area (TPSA) is 76.2 Å². The van der Waals surface area contributed by atoms with E-state index in [-0.39, 0.29) is 37.5 Å². The van der Waals surface area contributed by atoms with Crippen molar-refractivity contribution in [2.75, 3.05) is 31.6 Å². The van der Waals surface area contributed by atoms with Gasteiger partial charge in [-0.3, -0.25) is 9.59 Å². The normalized spacial score (nSPS) is 20.0. The van der Waals surface area contributed by atoms with E-state index in [1.165, 1.54) is 0 Å². The third-order valence-corrected chi connectivity index (χ3v) is 7.33. The number of nitrogens with one attached hydrogen (secondary N) is 1. The molecule has 2 atom stereocenters. The highest BCUT2D eigenvalue weighted by Gasteiger charge is 2.51. The molecule has 2 fully saturated rings. The number of carbonyl (C=O) groups is 3. The fraction of sp³-hybridized carbons (Fsp3) is 0.393. The average Bonchev–Trinajstić information content (AvgIpc) is 2.89. The molecule has 194 valence electrons. The summed E-state index contributed by atoms with van der Waals surface area (Å²) >= 11 is 1.63. The molecule has 8 nitrogen and oxygen atoms in total. The summed E-state index contributed by atoms with van der Waals surface area (Å²) in [5.74, 6) is 3.01. The maximum absolute atomic E-state index is 13.7. The lowest BCUT2D eigenvalue weighted by molar-refractivity contribution is -0.189. The molecule has 2 aromatic carbocycles. The van der Waals surface area contributed by atoms with E-state index in [0.717, 1.165) is 22.4 Å². The van der Waals surface area contributed by atoms with Crippen LogP contribution in [0.4, 0.5) is 4.79 Å². The number of thioether (sulfide) groups is 1. The minimum absolute atomic E-state index is 0.0551. The highest BCUT2D eigenvalue weighted by molar-refractivity contribution is 7.98. The number of hydrogen-bond acceptors (Lipinski definition) is 5. The van der Waals surface area contributed by atoms with Gasteiger partial charge in [0.05, 0.1) is 19.6 Å². The fourth-order valence-corrected chi connectivity index (χ4v) is 5.31. The summed E-state index contributed by atoms with van der Waals surface area (Å²) < 4.78 is 0. The second-order valence-corrected chi connectivity index (χ2v) is 10.3. The quantitative estimate of drug-likeness (QED) is 0.543. The Balaban J connectivity index is 1.64. The van der Waals surface area contributed by atoms with Crippen LogP contribution in [0.3, 0.4) is 0 Å². The van der Waals surface area contributed by atoms with Crippen molar-refractivity contribution in [1.29, 1.82) is 0 Å². The van der Waals surface area contributed by atoms with Gasteiger partial charge in [0.1, 0.15) is 12.2 Å². The Labute approximate surface area is 222 Å². The minimum atomic E-state index is -0.652. The molecule has 2 aliphatic rings. The molecule has 0 aliphatic carbocycles. The first-order valence-corrected chi connectivity index (χ1v) is 13.8. The van der Waals surface area contributed by atoms with Crippen LogP contribution in [-0.2, 0) is 22.7 Å². The summed E-state index contributed by atoms with van der Waals surface area (Å²) in [6, 6.07) is 16.7. The summed E-state index contributed by atoms with van der Waals surface area (Å²) in [4.78, 5) is 44.0. The number of aryl methyl sites for hydroxylation is 1. The Bertz CT molecular complexity index is 1150. The van der Waals surface area contributed by atoms with Gasteiger partial charge in [0.25, 0.3) is 0 Å². The maximum atomic E-state index is 13.7. The number of terminal acetylenes is 1. The molecule has 4 amide bonds. The highest BCUT2D eigenvalue weighted by atomic mass is 32.2. The van der Waals surface area contributed by atoms with Gasteiger partial charge < -0.3 is 15.1 Å². The van der Waals surface area contributed by atoms with Crippen molar-refractivity contribution >= 4 is 29.6 Å². The average molecular weight is 520 g/mol. The first kappa shape index (κ1) is 26.6. The first-order valence-electron chi connectivity index (χ1n) is 12.4. The smallest absolute Gasteiger partial charge is 0.333 e. The van der Waals surface area contributed by atoms with Gasteiger partial charge in [-0.1, -0.05) is 66.1 Å². The predicted molar refractivity (Wildman–Crippen MR) is 145 cm³/mol. The predicted octanol–water partition coefficient (Wildman–Crippen LogP) is 2.69. The standard InChI is InChI=1S/C28H33N5O3S/c1-4-15-31-20-26(34)32-24(14-16-37-3)27(35)30(18-23-12-10-21(2)11-13-23)19-25(32)33(31)28(36)29-17-22-8-6-5-7-9-22/h1,5-13,24-25H,14-20H2,2-3H3,(H,29,36)/t24-,25-/m0/s1. The zero-order valence-electron chi connectivity index (χ0n) is 21.3. The summed E-state index contributed by atoms with van der Waals surface area (Å²) in [5, 5.41) is 6.13. The molecule has 0 saturated carbocycles. The molecule has 37 heavy (non-hydrogen) atoms. The van der Waals surface area contributed by atoms with Crippen LogP contribution in [0.5, 0.6) is 0 Å². The van der Waals surface area contributed by atoms with Gasteiger partial charge in [0.15, 0.2) is 0 Å². The SMILES string of the molecule is C#CCN1CC(=O)N2[C@@H](CCSC)C(=O)N(Cc3ccc(C)cc3)C[C@@H]2N1C(=O)NCc1ccccc1. The number of hydrazine groups is 1. The van der Waals surface area contributed by atoms with Crippen molar-refractivity contribution in [2.45, 2.75) is 38.6 Å². The third kappa shape index (κ3) is 6.09. The van der Waals surface area contributed by atoms with Gasteiger partial charge in [-0.15, -0.1) is 6.42 Å². The second kappa shape index (κ2) is 12.2. The lowest BCUT2D eigenvalue weighted by Gasteiger charge is -2.55. The number of fused-ring (bicyclic) bond motifs is 1. The number of benzene rings is 2. The van der Waals surface area contributed by atoms with Crippen LogP contribution in [0.25, 0.3) is 0 Å². The van der Waals surface area contributed by atoms with Crippen molar-refractivity contribution in [2.24, 2.45) is 0 Å². The molecule has 2 saturated heterocycles. The molecule has 0 aromatic heterocycles. The summed E-state index contributed by atoms with van der Waals surface area (Å²) in [6.45, 7) is 3.02. The van der Waals surface area contributed by atoms with Crippen molar-refractivity contribution in [3.8, 4) is 12.3 Å². The van der Waals surface area contributed by atoms with E-state index in [4.69, 9.17) is 6.42 Å². The van der Waals surface area contributed by atoms with Crippen LogP contribution in [0.1, 0.15) is 23.1 Å². The lowest BCUT2D eigenvalue weighted by Crippen LogP contribution is -2.76. The van der Waals surface area contributed by atoms with Crippen molar-refractivity contribution in [1.82, 2.24) is 25.1 Å². The molecule has 9 heteroatoms. The van der Waals surface area contributed by atoms with Gasteiger partial charge in [-0.2, -0.15) is 16.8 Å². The van der Waals surface area contributed by atoms with E-state index in [1.54, 1.807) is 31.6 Å². The molecule has 0 radical (unpaired) electrons. The number of amides is 4. The van der Waals surface area contributed by atoms with Crippen LogP contribution in [0.2, 0.25) is 0 Å². The zero-order chi connectivity index (χ0) is 26.4. The van der Waals surface area contributed by atoms with E-state index in [0.29, 0.717) is 19.5 Å². The first-order chi connectivity index (χ1) is 17.9. The van der Waals surface area contributed by atoms with E-state index < -0.39 is 12.2 Å². The highest BCUT2D eigenvalue weighted by Crippen LogP contribution is 2.29. The van der Waals surface area contributed by atoms with Crippen molar-refractivity contribution in [3.05, 3.63) is 71.3 Å². The van der Waals surface area contributed by atoms with E-state index in [1.807, 2.05) is 67.8 Å². The zero-order valence-corrected chi connectivity index (χ0v) is 22.1. The Morgan fingerprint density at radius 3 is 2.51 bits per heavy atom. The summed E-state index contributed by atoms with van der Waals surface area (Å²) in [5.41, 5.74) is 3.10. The van der Waals surface area contributed by atoms with Crippen LogP contribution >= 0.6 is 11.8 Å². The number of nitrogens with zero attached hydrogens (tertiary/aromatic N) is 4. The molecule has 2 aromatic rings. The van der Waals surface area contributed by atoms with Crippen molar-refractivity contribution < 1.29 is 14.4 Å². The Hall–Kier alpha value is -3.48. The number of hydrogen-bond donors (Lipinski definition) is 1. The fourth-order valence-electron chi connectivity index (χ4n) is 4.85. The molecule has 0 spiro atoms. The van der Waals surface area contributed by atoms with Crippen LogP contribution in [0.15, 0.2) is 54.6 Å². The Morgan fingerprint density at radius 1 is 1.11 bits per heavy atom.